The van der Waals surface area contributed by atoms with E-state index in [0.29, 0.717) is 5.75 Å². The molecule has 118 valence electrons. The van der Waals surface area contributed by atoms with Gasteiger partial charge in [0, 0.05) is 5.75 Å². The second-order valence-electron chi connectivity index (χ2n) is 6.40. The van der Waals surface area contributed by atoms with Crippen molar-refractivity contribution in [3.8, 4) is 0 Å². The van der Waals surface area contributed by atoms with Crippen molar-refractivity contribution in [3.05, 3.63) is 40.9 Å². The van der Waals surface area contributed by atoms with Gasteiger partial charge in [-0.05, 0) is 50.9 Å². The molecule has 0 radical (unpaired) electrons. The fourth-order valence-corrected chi connectivity index (χ4v) is 2.40. The fraction of sp³-hybridized carbons (Fsp3) is 0.438. The molecule has 0 amide bonds. The Balaban J connectivity index is 2.29. The van der Waals surface area contributed by atoms with Crippen molar-refractivity contribution >= 4 is 31.8 Å². The van der Waals surface area contributed by atoms with E-state index >= 15 is 0 Å². The Morgan fingerprint density at radius 2 is 1.86 bits per heavy atom. The maximum Gasteiger partial charge on any atom is 0.491 e. The number of carboxylic acid groups (broad SMARTS) is 1. The molecule has 6 heteroatoms. The number of benzene rings is 1. The second-order valence-corrected chi connectivity index (χ2v) is 6.71. The van der Waals surface area contributed by atoms with E-state index in [1.807, 2.05) is 39.8 Å². The molecule has 1 aromatic rings. The molecule has 0 unspecified atom stereocenters. The van der Waals surface area contributed by atoms with Crippen LogP contribution in [0.2, 0.25) is 0 Å². The number of carbonyl (C=O) groups is 1. The Hall–Kier alpha value is -1.24. The minimum absolute atomic E-state index is 0.251. The summed E-state index contributed by atoms with van der Waals surface area (Å²) in [6.07, 6.45) is 1.88. The smallest absolute Gasteiger partial charge is 0.478 e. The van der Waals surface area contributed by atoms with Gasteiger partial charge in [0.2, 0.25) is 0 Å². The topological polar surface area (TPSA) is 55.8 Å². The molecule has 0 aromatic heterocycles. The Morgan fingerprint density at radius 3 is 2.36 bits per heavy atom. The van der Waals surface area contributed by atoms with Gasteiger partial charge in [0.1, 0.15) is 0 Å². The van der Waals surface area contributed by atoms with Gasteiger partial charge in [0.05, 0.1) is 16.8 Å². The molecule has 0 spiro atoms. The van der Waals surface area contributed by atoms with Crippen LogP contribution in [-0.4, -0.2) is 35.1 Å². The van der Waals surface area contributed by atoms with Crippen LogP contribution in [0.1, 0.15) is 43.6 Å². The Bertz CT molecular complexity index is 594. The van der Waals surface area contributed by atoms with Crippen LogP contribution in [0.3, 0.4) is 0 Å². The first-order chi connectivity index (χ1) is 10.2. The van der Waals surface area contributed by atoms with Gasteiger partial charge in [0.15, 0.2) is 0 Å². The number of hydrogen-bond acceptors (Lipinski definition) is 4. The van der Waals surface area contributed by atoms with Gasteiger partial charge in [0.25, 0.3) is 0 Å². The van der Waals surface area contributed by atoms with Crippen molar-refractivity contribution in [1.82, 2.24) is 0 Å². The molecule has 1 fully saturated rings. The molecule has 1 saturated heterocycles. The highest BCUT2D eigenvalue weighted by Gasteiger charge is 2.52. The lowest BCUT2D eigenvalue weighted by Crippen LogP contribution is -2.41. The van der Waals surface area contributed by atoms with Crippen LogP contribution in [0, 0.1) is 0 Å². The quantitative estimate of drug-likeness (QED) is 0.660. The van der Waals surface area contributed by atoms with Gasteiger partial charge in [-0.3, -0.25) is 0 Å². The largest absolute Gasteiger partial charge is 0.491 e. The van der Waals surface area contributed by atoms with Gasteiger partial charge in [-0.25, -0.2) is 4.79 Å². The monoisotopic (exact) mass is 320 g/mol. The summed E-state index contributed by atoms with van der Waals surface area (Å²) in [6, 6.07) is 6.75. The lowest BCUT2D eigenvalue weighted by Gasteiger charge is -2.32. The van der Waals surface area contributed by atoms with E-state index in [0.717, 1.165) is 11.0 Å². The minimum atomic E-state index is -0.946. The molecule has 22 heavy (non-hydrogen) atoms. The molecule has 0 aliphatic carbocycles. The fourth-order valence-electron chi connectivity index (χ4n) is 2.16. The standard InChI is InChI=1S/C16H21BO4S/c1-15(2)16(3,4)21-17(20-15)13(10-22)9-11-6-5-7-12(8-11)14(18)19/h5-9,22H,10H2,1-4H3,(H,18,19). The Labute approximate surface area is 137 Å². The van der Waals surface area contributed by atoms with E-state index < -0.39 is 24.3 Å². The number of hydrogen-bond donors (Lipinski definition) is 2. The van der Waals surface area contributed by atoms with Crippen molar-refractivity contribution in [2.45, 2.75) is 38.9 Å². The third kappa shape index (κ3) is 3.40. The molecular weight excluding hydrogens is 299 g/mol. The third-order valence-corrected chi connectivity index (χ3v) is 4.59. The lowest BCUT2D eigenvalue weighted by molar-refractivity contribution is 0.00578. The van der Waals surface area contributed by atoms with Crippen molar-refractivity contribution in [3.63, 3.8) is 0 Å². The predicted molar refractivity (Wildman–Crippen MR) is 91.3 cm³/mol. The lowest BCUT2D eigenvalue weighted by atomic mass is 9.78. The van der Waals surface area contributed by atoms with Crippen LogP contribution in [0.4, 0.5) is 0 Å². The highest BCUT2D eigenvalue weighted by atomic mass is 32.1. The summed E-state index contributed by atoms with van der Waals surface area (Å²) in [5.74, 6) is -0.480. The molecule has 0 bridgehead atoms. The molecule has 1 aromatic carbocycles. The molecule has 2 rings (SSSR count). The molecular formula is C16H21BO4S. The van der Waals surface area contributed by atoms with Crippen molar-refractivity contribution in [2.75, 3.05) is 5.75 Å². The zero-order valence-electron chi connectivity index (χ0n) is 13.3. The van der Waals surface area contributed by atoms with E-state index in [4.69, 9.17) is 14.4 Å². The van der Waals surface area contributed by atoms with E-state index in [-0.39, 0.29) is 5.56 Å². The van der Waals surface area contributed by atoms with Gasteiger partial charge in [-0.1, -0.05) is 18.2 Å². The number of aromatic carboxylic acids is 1. The summed E-state index contributed by atoms with van der Waals surface area (Å²) in [5, 5.41) is 9.06. The van der Waals surface area contributed by atoms with Crippen molar-refractivity contribution in [1.29, 1.82) is 0 Å². The number of carboxylic acids is 1. The van der Waals surface area contributed by atoms with Crippen LogP contribution in [0.25, 0.3) is 6.08 Å². The minimum Gasteiger partial charge on any atom is -0.478 e. The van der Waals surface area contributed by atoms with Crippen LogP contribution >= 0.6 is 12.6 Å². The maximum absolute atomic E-state index is 11.0. The van der Waals surface area contributed by atoms with Crippen LogP contribution in [0.5, 0.6) is 0 Å². The summed E-state index contributed by atoms with van der Waals surface area (Å²) in [5.41, 5.74) is 1.08. The molecule has 1 heterocycles. The third-order valence-electron chi connectivity index (χ3n) is 4.22. The first-order valence-corrected chi connectivity index (χ1v) is 7.80. The summed E-state index contributed by atoms with van der Waals surface area (Å²) in [7, 11) is -0.476. The maximum atomic E-state index is 11.0. The van der Waals surface area contributed by atoms with Crippen molar-refractivity contribution < 1.29 is 19.2 Å². The normalized spacial score (nSPS) is 20.2. The van der Waals surface area contributed by atoms with E-state index in [2.05, 4.69) is 12.6 Å². The summed E-state index contributed by atoms with van der Waals surface area (Å²) >= 11 is 4.36. The Kier molecular flexibility index (Phi) is 4.75. The molecule has 1 N–H and O–H groups in total. The van der Waals surface area contributed by atoms with Gasteiger partial charge >= 0.3 is 13.1 Å². The number of rotatable bonds is 4. The first kappa shape index (κ1) is 17.1. The van der Waals surface area contributed by atoms with Gasteiger partial charge in [-0.2, -0.15) is 12.6 Å². The average molecular weight is 320 g/mol. The summed E-state index contributed by atoms with van der Waals surface area (Å²) in [6.45, 7) is 7.98. The predicted octanol–water partition coefficient (Wildman–Crippen LogP) is 3.33. The highest BCUT2D eigenvalue weighted by molar-refractivity contribution is 7.80. The van der Waals surface area contributed by atoms with Crippen LogP contribution in [0.15, 0.2) is 29.7 Å². The van der Waals surface area contributed by atoms with Crippen LogP contribution in [-0.2, 0) is 9.31 Å². The SMILES string of the molecule is CC1(C)OB(C(=Cc2cccc(C(=O)O)c2)CS)OC1(C)C. The number of thiol groups is 1. The van der Waals surface area contributed by atoms with E-state index in [1.54, 1.807) is 18.2 Å². The molecule has 0 saturated carbocycles. The van der Waals surface area contributed by atoms with E-state index in [9.17, 15) is 4.79 Å². The highest BCUT2D eigenvalue weighted by Crippen LogP contribution is 2.39. The first-order valence-electron chi connectivity index (χ1n) is 7.16. The zero-order chi connectivity index (χ0) is 16.5. The van der Waals surface area contributed by atoms with Crippen LogP contribution < -0.4 is 0 Å². The average Bonchev–Trinajstić information content (AvgIpc) is 2.65. The van der Waals surface area contributed by atoms with Gasteiger partial charge in [-0.15, -0.1) is 0 Å². The second kappa shape index (κ2) is 6.10. The summed E-state index contributed by atoms with van der Waals surface area (Å²) < 4.78 is 12.0. The molecule has 4 nitrogen and oxygen atoms in total. The molecule has 0 atom stereocenters. The summed E-state index contributed by atoms with van der Waals surface area (Å²) in [4.78, 5) is 11.0. The van der Waals surface area contributed by atoms with E-state index in [1.165, 1.54) is 0 Å². The molecule has 1 aliphatic heterocycles. The Morgan fingerprint density at radius 1 is 1.27 bits per heavy atom. The molecule has 1 aliphatic rings. The zero-order valence-corrected chi connectivity index (χ0v) is 14.2. The van der Waals surface area contributed by atoms with Gasteiger partial charge < -0.3 is 14.4 Å². The van der Waals surface area contributed by atoms with Crippen molar-refractivity contribution in [2.24, 2.45) is 0 Å².